The van der Waals surface area contributed by atoms with Gasteiger partial charge in [0, 0.05) is 5.75 Å². The number of nitriles is 1. The monoisotopic (exact) mass is 332 g/mol. The summed E-state index contributed by atoms with van der Waals surface area (Å²) in [6.45, 7) is 0. The molecule has 0 saturated carbocycles. The quantitative estimate of drug-likeness (QED) is 0.897. The zero-order valence-electron chi connectivity index (χ0n) is 9.98. The molecule has 0 aliphatic carbocycles. The molecule has 1 heterocycles. The van der Waals surface area contributed by atoms with Gasteiger partial charge in [0.25, 0.3) is 0 Å². The van der Waals surface area contributed by atoms with Crippen molar-refractivity contribution in [1.82, 2.24) is 4.31 Å². The van der Waals surface area contributed by atoms with Crippen LogP contribution in [-0.2, 0) is 14.8 Å². The topological polar surface area (TPSA) is 98.5 Å². The summed E-state index contributed by atoms with van der Waals surface area (Å²) >= 11 is 7.05. The fourth-order valence-electron chi connectivity index (χ4n) is 1.74. The van der Waals surface area contributed by atoms with Crippen molar-refractivity contribution in [2.75, 3.05) is 11.6 Å². The summed E-state index contributed by atoms with van der Waals surface area (Å²) in [6, 6.07) is 4.46. The minimum atomic E-state index is -3.94. The number of rotatable bonds is 3. The molecular weight excluding hydrogens is 324 g/mol. The number of thioether (sulfide) groups is 1. The summed E-state index contributed by atoms with van der Waals surface area (Å²) in [6.07, 6.45) is 0. The Labute approximate surface area is 125 Å². The molecule has 1 aromatic carbocycles. The molecule has 0 amide bonds. The Morgan fingerprint density at radius 3 is 2.80 bits per heavy atom. The number of carboxylic acid groups (broad SMARTS) is 1. The van der Waals surface area contributed by atoms with Gasteiger partial charge in [-0.25, -0.2) is 8.42 Å². The van der Waals surface area contributed by atoms with E-state index >= 15 is 0 Å². The minimum absolute atomic E-state index is 0.0206. The zero-order valence-corrected chi connectivity index (χ0v) is 12.4. The number of hydrogen-bond acceptors (Lipinski definition) is 5. The van der Waals surface area contributed by atoms with Crippen molar-refractivity contribution in [3.05, 3.63) is 28.8 Å². The molecular formula is C11H9ClN2O4S2. The van der Waals surface area contributed by atoms with Crippen LogP contribution in [0.2, 0.25) is 5.02 Å². The number of hydrogen-bond donors (Lipinski definition) is 1. The van der Waals surface area contributed by atoms with Crippen LogP contribution in [-0.4, -0.2) is 41.5 Å². The molecule has 1 aliphatic rings. The van der Waals surface area contributed by atoms with Crippen molar-refractivity contribution < 1.29 is 18.3 Å². The molecule has 1 fully saturated rings. The van der Waals surface area contributed by atoms with Crippen molar-refractivity contribution in [2.24, 2.45) is 0 Å². The summed E-state index contributed by atoms with van der Waals surface area (Å²) in [5, 5.41) is 17.8. The van der Waals surface area contributed by atoms with Crippen LogP contribution < -0.4 is 0 Å². The largest absolute Gasteiger partial charge is 0.480 e. The highest BCUT2D eigenvalue weighted by Gasteiger charge is 2.40. The summed E-state index contributed by atoms with van der Waals surface area (Å²) in [7, 11) is -3.94. The number of nitrogens with zero attached hydrogens (tertiary/aromatic N) is 2. The molecule has 9 heteroatoms. The van der Waals surface area contributed by atoms with E-state index in [0.29, 0.717) is 0 Å². The highest BCUT2D eigenvalue weighted by atomic mass is 35.5. The van der Waals surface area contributed by atoms with Crippen molar-refractivity contribution in [3.8, 4) is 6.07 Å². The van der Waals surface area contributed by atoms with E-state index < -0.39 is 22.0 Å². The highest BCUT2D eigenvalue weighted by molar-refractivity contribution is 8.00. The summed E-state index contributed by atoms with van der Waals surface area (Å²) in [5.41, 5.74) is 0.163. The third-order valence-corrected chi connectivity index (χ3v) is 6.13. The Morgan fingerprint density at radius 1 is 1.55 bits per heavy atom. The average Bonchev–Trinajstić information content (AvgIpc) is 2.88. The molecule has 1 aliphatic heterocycles. The van der Waals surface area contributed by atoms with E-state index in [9.17, 15) is 13.2 Å². The maximum absolute atomic E-state index is 12.4. The van der Waals surface area contributed by atoms with Gasteiger partial charge in [0.15, 0.2) is 0 Å². The van der Waals surface area contributed by atoms with Crippen LogP contribution in [0.15, 0.2) is 23.1 Å². The van der Waals surface area contributed by atoms with Gasteiger partial charge >= 0.3 is 5.97 Å². The van der Waals surface area contributed by atoms with E-state index in [1.807, 2.05) is 6.07 Å². The number of carboxylic acids is 1. The minimum Gasteiger partial charge on any atom is -0.480 e. The second kappa shape index (κ2) is 5.61. The fourth-order valence-corrected chi connectivity index (χ4v) is 5.19. The van der Waals surface area contributed by atoms with Gasteiger partial charge < -0.3 is 5.11 Å². The van der Waals surface area contributed by atoms with Gasteiger partial charge in [-0.05, 0) is 18.2 Å². The first-order valence-corrected chi connectivity index (χ1v) is 8.37. The van der Waals surface area contributed by atoms with E-state index in [-0.39, 0.29) is 27.1 Å². The van der Waals surface area contributed by atoms with Crippen LogP contribution in [0, 0.1) is 11.3 Å². The lowest BCUT2D eigenvalue weighted by molar-refractivity contribution is -0.140. The lowest BCUT2D eigenvalue weighted by atomic mass is 10.2. The molecule has 6 nitrogen and oxygen atoms in total. The van der Waals surface area contributed by atoms with Crippen LogP contribution >= 0.6 is 23.4 Å². The van der Waals surface area contributed by atoms with Gasteiger partial charge in [-0.3, -0.25) is 4.79 Å². The number of aliphatic carboxylic acids is 1. The lowest BCUT2D eigenvalue weighted by Gasteiger charge is -2.20. The molecule has 1 aromatic rings. The molecule has 20 heavy (non-hydrogen) atoms. The van der Waals surface area contributed by atoms with Crippen LogP contribution in [0.4, 0.5) is 0 Å². The predicted molar refractivity (Wildman–Crippen MR) is 73.9 cm³/mol. The Morgan fingerprint density at radius 2 is 2.25 bits per heavy atom. The smallest absolute Gasteiger partial charge is 0.322 e. The Balaban J connectivity index is 2.43. The van der Waals surface area contributed by atoms with Gasteiger partial charge in [0.05, 0.1) is 21.4 Å². The van der Waals surface area contributed by atoms with Crippen molar-refractivity contribution in [2.45, 2.75) is 10.9 Å². The first kappa shape index (κ1) is 15.1. The first-order valence-electron chi connectivity index (χ1n) is 5.40. The Bertz CT molecular complexity index is 699. The Hall–Kier alpha value is -1.27. The zero-order chi connectivity index (χ0) is 14.9. The summed E-state index contributed by atoms with van der Waals surface area (Å²) < 4.78 is 25.7. The summed E-state index contributed by atoms with van der Waals surface area (Å²) in [5.74, 6) is -0.895. The average molecular weight is 333 g/mol. The van der Waals surface area contributed by atoms with Crippen LogP contribution in [0.3, 0.4) is 0 Å². The molecule has 106 valence electrons. The third kappa shape index (κ3) is 2.62. The van der Waals surface area contributed by atoms with Gasteiger partial charge in [0.2, 0.25) is 10.0 Å². The van der Waals surface area contributed by atoms with Gasteiger partial charge in [0.1, 0.15) is 12.1 Å². The molecule has 0 aromatic heterocycles. The summed E-state index contributed by atoms with van der Waals surface area (Å²) in [4.78, 5) is 11.0. The van der Waals surface area contributed by atoms with E-state index in [2.05, 4.69) is 0 Å². The third-order valence-electron chi connectivity index (χ3n) is 2.79. The molecule has 1 atom stereocenters. The number of benzene rings is 1. The maximum atomic E-state index is 12.4. The van der Waals surface area contributed by atoms with Gasteiger partial charge in [-0.2, -0.15) is 9.57 Å². The standard InChI is InChI=1S/C11H9ClN2O4S2/c12-9-3-8(2-1-7(9)4-13)20(17,18)14-6-19-5-10(14)11(15)16/h1-3,10H,5-6H2,(H,15,16). The molecule has 1 unspecified atom stereocenters. The molecule has 1 saturated heterocycles. The molecule has 1 N–H and O–H groups in total. The van der Waals surface area contributed by atoms with E-state index in [1.165, 1.54) is 23.9 Å². The van der Waals surface area contributed by atoms with Crippen LogP contribution in [0.1, 0.15) is 5.56 Å². The van der Waals surface area contributed by atoms with E-state index in [1.54, 1.807) is 0 Å². The second-order valence-electron chi connectivity index (χ2n) is 4.00. The SMILES string of the molecule is N#Cc1ccc(S(=O)(=O)N2CSCC2C(=O)O)cc1Cl. The van der Waals surface area contributed by atoms with Crippen molar-refractivity contribution in [1.29, 1.82) is 5.26 Å². The highest BCUT2D eigenvalue weighted by Crippen LogP contribution is 2.30. The van der Waals surface area contributed by atoms with Crippen LogP contribution in [0.25, 0.3) is 0 Å². The maximum Gasteiger partial charge on any atom is 0.322 e. The fraction of sp³-hybridized carbons (Fsp3) is 0.273. The van der Waals surface area contributed by atoms with E-state index in [0.717, 1.165) is 10.4 Å². The number of carbonyl (C=O) groups is 1. The number of sulfonamides is 1. The Kier molecular flexibility index (Phi) is 4.25. The normalized spacial score (nSPS) is 19.7. The van der Waals surface area contributed by atoms with E-state index in [4.69, 9.17) is 22.0 Å². The molecule has 0 spiro atoms. The molecule has 0 bridgehead atoms. The molecule has 0 radical (unpaired) electrons. The van der Waals surface area contributed by atoms with Crippen LogP contribution in [0.5, 0.6) is 0 Å². The predicted octanol–water partition coefficient (Wildman–Crippen LogP) is 1.36. The number of halogens is 1. The van der Waals surface area contributed by atoms with Gasteiger partial charge in [-0.15, -0.1) is 11.8 Å². The van der Waals surface area contributed by atoms with Crippen molar-refractivity contribution >= 4 is 39.4 Å². The first-order chi connectivity index (χ1) is 9.37. The van der Waals surface area contributed by atoms with Crippen molar-refractivity contribution in [3.63, 3.8) is 0 Å². The van der Waals surface area contributed by atoms with Gasteiger partial charge in [-0.1, -0.05) is 11.6 Å². The second-order valence-corrected chi connectivity index (χ2v) is 7.30. The molecule has 2 rings (SSSR count). The lowest BCUT2D eigenvalue weighted by Crippen LogP contribution is -2.41.